The molecule has 2 N–H and O–H groups in total. The van der Waals surface area contributed by atoms with Crippen LogP contribution < -0.4 is 15.2 Å². The Morgan fingerprint density at radius 2 is 1.93 bits per heavy atom. The molecule has 162 valence electrons. The van der Waals surface area contributed by atoms with Crippen molar-refractivity contribution in [2.45, 2.75) is 37.6 Å². The van der Waals surface area contributed by atoms with Crippen LogP contribution in [0, 0.1) is 12.8 Å². The van der Waals surface area contributed by atoms with Crippen LogP contribution in [0.15, 0.2) is 45.7 Å². The summed E-state index contributed by atoms with van der Waals surface area (Å²) in [6.07, 6.45) is 2.05. The van der Waals surface area contributed by atoms with Gasteiger partial charge in [-0.05, 0) is 38.8 Å². The minimum atomic E-state index is -3.80. The molecule has 2 saturated heterocycles. The molecular weight excluding hydrogens is 404 g/mol. The second kappa shape index (κ2) is 8.41. The third-order valence-electron chi connectivity index (χ3n) is 5.81. The van der Waals surface area contributed by atoms with Gasteiger partial charge in [0.15, 0.2) is 0 Å². The van der Waals surface area contributed by atoms with Crippen molar-refractivity contribution in [3.63, 3.8) is 0 Å². The van der Waals surface area contributed by atoms with Gasteiger partial charge in [-0.25, -0.2) is 13.8 Å². The topological polar surface area (TPSA) is 94.9 Å². The number of nitrogens with one attached hydrogen (secondary N) is 2. The van der Waals surface area contributed by atoms with Gasteiger partial charge in [0.25, 0.3) is 10.0 Å². The van der Waals surface area contributed by atoms with E-state index < -0.39 is 16.1 Å². The first-order valence-electron chi connectivity index (χ1n) is 10.4. The van der Waals surface area contributed by atoms with Gasteiger partial charge in [0, 0.05) is 32.2 Å². The van der Waals surface area contributed by atoms with Crippen molar-refractivity contribution >= 4 is 21.6 Å². The van der Waals surface area contributed by atoms with Gasteiger partial charge in [-0.3, -0.25) is 14.5 Å². The number of carbonyl (C=O) groups is 1. The second-order valence-corrected chi connectivity index (χ2v) is 9.55. The molecule has 1 amide bonds. The molecule has 0 bridgehead atoms. The van der Waals surface area contributed by atoms with Crippen molar-refractivity contribution in [2.24, 2.45) is 5.92 Å². The Hall–Kier alpha value is -2.36. The lowest BCUT2D eigenvalue weighted by molar-refractivity contribution is -0.134. The van der Waals surface area contributed by atoms with Crippen molar-refractivity contribution in [2.75, 3.05) is 30.5 Å². The zero-order valence-corrected chi connectivity index (χ0v) is 18.1. The number of nitrogens with zero attached hydrogens (tertiary/aromatic N) is 2. The third kappa shape index (κ3) is 3.73. The number of aryl methyl sites for hydroxylation is 1. The molecule has 8 nitrogen and oxygen atoms in total. The van der Waals surface area contributed by atoms with Crippen LogP contribution in [-0.4, -0.2) is 45.4 Å². The number of hydrazine groups is 1. The van der Waals surface area contributed by atoms with E-state index in [2.05, 4.69) is 10.9 Å². The van der Waals surface area contributed by atoms with Crippen molar-refractivity contribution in [1.29, 1.82) is 0 Å². The van der Waals surface area contributed by atoms with E-state index in [1.54, 1.807) is 32.0 Å². The van der Waals surface area contributed by atoms with E-state index in [-0.39, 0.29) is 16.7 Å². The number of hydrogen-bond acceptors (Lipinski definition) is 6. The van der Waals surface area contributed by atoms with Crippen LogP contribution >= 0.6 is 0 Å². The second-order valence-electron chi connectivity index (χ2n) is 7.72. The van der Waals surface area contributed by atoms with Gasteiger partial charge in [-0.15, -0.1) is 0 Å². The summed E-state index contributed by atoms with van der Waals surface area (Å²) in [5, 5.41) is 0. The number of amides is 1. The first-order valence-corrected chi connectivity index (χ1v) is 11.8. The molecule has 2 atom stereocenters. The highest BCUT2D eigenvalue weighted by atomic mass is 32.2. The number of benzene rings is 1. The molecule has 0 aliphatic carbocycles. The summed E-state index contributed by atoms with van der Waals surface area (Å²) < 4.78 is 34.0. The van der Waals surface area contributed by atoms with Crippen LogP contribution in [0.2, 0.25) is 0 Å². The number of furan rings is 1. The number of hydrogen-bond donors (Lipinski definition) is 2. The molecule has 2 unspecified atom stereocenters. The molecule has 0 radical (unpaired) electrons. The van der Waals surface area contributed by atoms with E-state index >= 15 is 0 Å². The Bertz CT molecular complexity index is 999. The number of carbonyl (C=O) groups excluding carboxylic acids is 1. The van der Waals surface area contributed by atoms with Gasteiger partial charge in [0.2, 0.25) is 5.91 Å². The predicted octanol–water partition coefficient (Wildman–Crippen LogP) is 2.19. The Kier molecular flexibility index (Phi) is 5.86. The lowest BCUT2D eigenvalue weighted by Gasteiger charge is -2.22. The average molecular weight is 433 g/mol. The zero-order chi connectivity index (χ0) is 21.3. The maximum absolute atomic E-state index is 13.4. The van der Waals surface area contributed by atoms with Crippen molar-refractivity contribution in [1.82, 2.24) is 15.8 Å². The minimum Gasteiger partial charge on any atom is -0.463 e. The molecule has 9 heteroatoms. The van der Waals surface area contributed by atoms with Gasteiger partial charge in [0.05, 0.1) is 17.6 Å². The summed E-state index contributed by atoms with van der Waals surface area (Å²) in [5.74, 6) is 0.520. The number of sulfonamides is 1. The van der Waals surface area contributed by atoms with Gasteiger partial charge in [-0.1, -0.05) is 18.2 Å². The molecule has 1 aromatic heterocycles. The SMILES string of the molecule is CCN(c1ccccc1)S(=O)(=O)c1cc(C2NNCC2C(=O)N2CCCC2)oc1C. The molecule has 2 aromatic rings. The van der Waals surface area contributed by atoms with Crippen LogP contribution in [0.3, 0.4) is 0 Å². The van der Waals surface area contributed by atoms with Gasteiger partial charge >= 0.3 is 0 Å². The summed E-state index contributed by atoms with van der Waals surface area (Å²) in [4.78, 5) is 14.9. The first-order chi connectivity index (χ1) is 14.4. The standard InChI is InChI=1S/C21H28N4O4S/c1-3-25(16-9-5-4-6-10-16)30(27,28)19-13-18(29-15(19)2)20-17(14-22-23-20)21(26)24-11-7-8-12-24/h4-6,9-10,13,17,20,22-23H,3,7-8,11-12,14H2,1-2H3. The normalized spacial score (nSPS) is 21.9. The highest BCUT2D eigenvalue weighted by Gasteiger charge is 2.40. The quantitative estimate of drug-likeness (QED) is 0.727. The fourth-order valence-corrected chi connectivity index (χ4v) is 5.92. The van der Waals surface area contributed by atoms with Crippen LogP contribution in [0.25, 0.3) is 0 Å². The maximum Gasteiger partial charge on any atom is 0.267 e. The Morgan fingerprint density at radius 3 is 2.60 bits per heavy atom. The Balaban J connectivity index is 1.63. The maximum atomic E-state index is 13.4. The van der Waals surface area contributed by atoms with E-state index in [1.807, 2.05) is 23.1 Å². The molecule has 2 aliphatic heterocycles. The number of para-hydroxylation sites is 1. The minimum absolute atomic E-state index is 0.0768. The van der Waals surface area contributed by atoms with Crippen LogP contribution in [-0.2, 0) is 14.8 Å². The van der Waals surface area contributed by atoms with Gasteiger partial charge < -0.3 is 9.32 Å². The highest BCUT2D eigenvalue weighted by molar-refractivity contribution is 7.92. The Labute approximate surface area is 177 Å². The number of anilines is 1. The molecule has 2 aliphatic rings. The number of likely N-dealkylation sites (tertiary alicyclic amines) is 1. The third-order valence-corrected chi connectivity index (χ3v) is 7.82. The molecule has 3 heterocycles. The van der Waals surface area contributed by atoms with Crippen LogP contribution in [0.1, 0.15) is 37.3 Å². The molecular formula is C21H28N4O4S. The van der Waals surface area contributed by atoms with E-state index in [4.69, 9.17) is 4.42 Å². The van der Waals surface area contributed by atoms with E-state index in [0.717, 1.165) is 25.9 Å². The summed E-state index contributed by atoms with van der Waals surface area (Å²) in [7, 11) is -3.80. The molecule has 1 aromatic carbocycles. The van der Waals surface area contributed by atoms with E-state index in [1.165, 1.54) is 4.31 Å². The first kappa shape index (κ1) is 20.9. The van der Waals surface area contributed by atoms with Crippen molar-refractivity contribution < 1.29 is 17.6 Å². The van der Waals surface area contributed by atoms with E-state index in [0.29, 0.717) is 30.3 Å². The molecule has 0 saturated carbocycles. The summed E-state index contributed by atoms with van der Waals surface area (Å²) in [6.45, 7) is 5.78. The fourth-order valence-electron chi connectivity index (χ4n) is 4.27. The van der Waals surface area contributed by atoms with Gasteiger partial charge in [-0.2, -0.15) is 0 Å². The monoisotopic (exact) mass is 432 g/mol. The zero-order valence-electron chi connectivity index (χ0n) is 17.3. The summed E-state index contributed by atoms with van der Waals surface area (Å²) in [6, 6.07) is 10.2. The van der Waals surface area contributed by atoms with Crippen molar-refractivity contribution in [3.05, 3.63) is 47.9 Å². The molecule has 30 heavy (non-hydrogen) atoms. The Morgan fingerprint density at radius 1 is 1.23 bits per heavy atom. The van der Waals surface area contributed by atoms with Crippen molar-refractivity contribution in [3.8, 4) is 0 Å². The summed E-state index contributed by atoms with van der Waals surface area (Å²) in [5.41, 5.74) is 6.73. The predicted molar refractivity (Wildman–Crippen MR) is 113 cm³/mol. The largest absolute Gasteiger partial charge is 0.463 e. The lowest BCUT2D eigenvalue weighted by Crippen LogP contribution is -2.37. The molecule has 0 spiro atoms. The highest BCUT2D eigenvalue weighted by Crippen LogP contribution is 2.34. The number of rotatable bonds is 6. The summed E-state index contributed by atoms with van der Waals surface area (Å²) >= 11 is 0. The van der Waals surface area contributed by atoms with Crippen LogP contribution in [0.4, 0.5) is 5.69 Å². The fraction of sp³-hybridized carbons (Fsp3) is 0.476. The molecule has 4 rings (SSSR count). The lowest BCUT2D eigenvalue weighted by atomic mass is 9.98. The smallest absolute Gasteiger partial charge is 0.267 e. The van der Waals surface area contributed by atoms with Crippen LogP contribution in [0.5, 0.6) is 0 Å². The molecule has 2 fully saturated rings. The van der Waals surface area contributed by atoms with Gasteiger partial charge in [0.1, 0.15) is 16.4 Å². The van der Waals surface area contributed by atoms with E-state index in [9.17, 15) is 13.2 Å². The average Bonchev–Trinajstić information content (AvgIpc) is 3.49.